The third-order valence-corrected chi connectivity index (χ3v) is 5.62. The number of carbonyl (C=O) groups is 1. The molecule has 0 saturated heterocycles. The van der Waals surface area contributed by atoms with Crippen LogP contribution < -0.4 is 5.32 Å². The number of anilines is 1. The Morgan fingerprint density at radius 3 is 2.25 bits per heavy atom. The number of nitrogens with one attached hydrogen (secondary N) is 1. The molecule has 0 atom stereocenters. The maximum Gasteiger partial charge on any atom is 0.243 e. The molecule has 1 amide bonds. The predicted molar refractivity (Wildman–Crippen MR) is 95.8 cm³/mol. The quantitative estimate of drug-likeness (QED) is 0.883. The van der Waals surface area contributed by atoms with Gasteiger partial charge in [0.25, 0.3) is 0 Å². The zero-order valence-corrected chi connectivity index (χ0v) is 15.3. The second-order valence-electron chi connectivity index (χ2n) is 5.61. The van der Waals surface area contributed by atoms with Crippen LogP contribution in [0.3, 0.4) is 0 Å². The highest BCUT2D eigenvalue weighted by atomic mass is 35.5. The Morgan fingerprint density at radius 1 is 1.08 bits per heavy atom. The Balaban J connectivity index is 2.09. The van der Waals surface area contributed by atoms with E-state index in [1.54, 1.807) is 24.3 Å². The predicted octanol–water partition coefficient (Wildman–Crippen LogP) is 3.22. The van der Waals surface area contributed by atoms with Gasteiger partial charge in [-0.2, -0.15) is 4.31 Å². The Hall–Kier alpha value is -1.89. The number of likely N-dealkylation sites (N-methyl/N-ethyl adjacent to an activating group) is 1. The van der Waals surface area contributed by atoms with Crippen LogP contribution in [0, 0.1) is 13.8 Å². The highest BCUT2D eigenvalue weighted by Gasteiger charge is 2.23. The molecule has 0 aliphatic heterocycles. The van der Waals surface area contributed by atoms with E-state index in [-0.39, 0.29) is 11.4 Å². The minimum atomic E-state index is -3.72. The van der Waals surface area contributed by atoms with Gasteiger partial charge in [0.2, 0.25) is 15.9 Å². The van der Waals surface area contributed by atoms with Crippen LogP contribution in [0.2, 0.25) is 5.02 Å². The molecule has 1 N–H and O–H groups in total. The molecule has 128 valence electrons. The van der Waals surface area contributed by atoms with E-state index in [1.807, 2.05) is 19.9 Å². The van der Waals surface area contributed by atoms with Crippen molar-refractivity contribution in [2.45, 2.75) is 18.7 Å². The molecule has 0 spiro atoms. The molecule has 5 nitrogen and oxygen atoms in total. The van der Waals surface area contributed by atoms with Crippen LogP contribution in [0.25, 0.3) is 0 Å². The lowest BCUT2D eigenvalue weighted by atomic mass is 10.2. The number of amides is 1. The molecule has 0 saturated carbocycles. The zero-order valence-electron chi connectivity index (χ0n) is 13.7. The summed E-state index contributed by atoms with van der Waals surface area (Å²) < 4.78 is 25.9. The van der Waals surface area contributed by atoms with Gasteiger partial charge in [0, 0.05) is 7.05 Å². The lowest BCUT2D eigenvalue weighted by Crippen LogP contribution is -2.35. The van der Waals surface area contributed by atoms with Gasteiger partial charge >= 0.3 is 0 Å². The fourth-order valence-electron chi connectivity index (χ4n) is 2.09. The largest absolute Gasteiger partial charge is 0.324 e. The van der Waals surface area contributed by atoms with Crippen LogP contribution in [0.1, 0.15) is 11.1 Å². The van der Waals surface area contributed by atoms with Gasteiger partial charge in [0.05, 0.1) is 22.2 Å². The van der Waals surface area contributed by atoms with Gasteiger partial charge in [-0.1, -0.05) is 35.4 Å². The maximum atomic E-state index is 12.5. The third-order valence-electron chi connectivity index (χ3n) is 3.49. The molecule has 2 aromatic rings. The molecule has 0 bridgehead atoms. The van der Waals surface area contributed by atoms with E-state index in [0.29, 0.717) is 10.7 Å². The van der Waals surface area contributed by atoms with E-state index in [2.05, 4.69) is 5.32 Å². The summed E-state index contributed by atoms with van der Waals surface area (Å²) in [5, 5.41) is 3.03. The Kier molecular flexibility index (Phi) is 5.64. The summed E-state index contributed by atoms with van der Waals surface area (Å²) >= 11 is 6.06. The number of hydrogen-bond acceptors (Lipinski definition) is 3. The number of carbonyl (C=O) groups excluding carboxylic acids is 1. The van der Waals surface area contributed by atoms with Crippen LogP contribution >= 0.6 is 11.6 Å². The number of nitrogens with zero attached hydrogens (tertiary/aromatic N) is 1. The summed E-state index contributed by atoms with van der Waals surface area (Å²) in [6.07, 6.45) is 0. The summed E-state index contributed by atoms with van der Waals surface area (Å²) in [6.45, 7) is 3.46. The fourth-order valence-corrected chi connectivity index (χ4v) is 3.50. The van der Waals surface area contributed by atoms with Gasteiger partial charge in [-0.25, -0.2) is 8.42 Å². The Labute approximate surface area is 147 Å². The SMILES string of the molecule is Cc1ccc(S(=O)(=O)N(C)CC(=O)Nc2ccc(C)cc2Cl)cc1. The van der Waals surface area contributed by atoms with Crippen molar-refractivity contribution < 1.29 is 13.2 Å². The highest BCUT2D eigenvalue weighted by Crippen LogP contribution is 2.23. The van der Waals surface area contributed by atoms with E-state index >= 15 is 0 Å². The minimum absolute atomic E-state index is 0.150. The second-order valence-corrected chi connectivity index (χ2v) is 8.06. The zero-order chi connectivity index (χ0) is 17.9. The van der Waals surface area contributed by atoms with Crippen LogP contribution in [0.4, 0.5) is 5.69 Å². The number of aryl methyl sites for hydroxylation is 2. The number of sulfonamides is 1. The number of benzene rings is 2. The average molecular weight is 367 g/mol. The van der Waals surface area contributed by atoms with Gasteiger partial charge in [-0.3, -0.25) is 4.79 Å². The molecule has 24 heavy (non-hydrogen) atoms. The first-order valence-corrected chi connectivity index (χ1v) is 9.11. The molecule has 0 fully saturated rings. The molecule has 7 heteroatoms. The molecule has 2 aromatic carbocycles. The summed E-state index contributed by atoms with van der Waals surface area (Å²) in [4.78, 5) is 12.3. The van der Waals surface area contributed by atoms with Gasteiger partial charge in [-0.05, 0) is 43.7 Å². The monoisotopic (exact) mass is 366 g/mol. The molecule has 2 rings (SSSR count). The third kappa shape index (κ3) is 4.35. The number of halogens is 1. The van der Waals surface area contributed by atoms with E-state index in [1.165, 1.54) is 19.2 Å². The van der Waals surface area contributed by atoms with Crippen LogP contribution in [0.15, 0.2) is 47.4 Å². The average Bonchev–Trinajstić information content (AvgIpc) is 2.50. The molecule has 0 aliphatic carbocycles. The van der Waals surface area contributed by atoms with Crippen molar-refractivity contribution in [2.24, 2.45) is 0 Å². The topological polar surface area (TPSA) is 66.5 Å². The molecule has 0 unspecified atom stereocenters. The van der Waals surface area contributed by atoms with Gasteiger partial charge in [0.15, 0.2) is 0 Å². The summed E-state index contributed by atoms with van der Waals surface area (Å²) in [6, 6.07) is 11.7. The van der Waals surface area contributed by atoms with E-state index in [0.717, 1.165) is 15.4 Å². The fraction of sp³-hybridized carbons (Fsp3) is 0.235. The van der Waals surface area contributed by atoms with Crippen LogP contribution in [-0.2, 0) is 14.8 Å². The van der Waals surface area contributed by atoms with E-state index in [4.69, 9.17) is 11.6 Å². The molecular formula is C17H19ClN2O3S. The number of hydrogen-bond donors (Lipinski definition) is 1. The van der Waals surface area contributed by atoms with Crippen molar-refractivity contribution in [3.8, 4) is 0 Å². The Morgan fingerprint density at radius 2 is 1.67 bits per heavy atom. The lowest BCUT2D eigenvalue weighted by Gasteiger charge is -2.17. The van der Waals surface area contributed by atoms with Crippen molar-refractivity contribution in [1.29, 1.82) is 0 Å². The molecular weight excluding hydrogens is 348 g/mol. The summed E-state index contributed by atoms with van der Waals surface area (Å²) in [7, 11) is -2.35. The second kappa shape index (κ2) is 7.34. The standard InChI is InChI=1S/C17H19ClN2O3S/c1-12-4-7-14(8-5-12)24(22,23)20(3)11-17(21)19-16-9-6-13(2)10-15(16)18/h4-10H,11H2,1-3H3,(H,19,21). The van der Waals surface area contributed by atoms with E-state index < -0.39 is 15.9 Å². The van der Waals surface area contributed by atoms with Gasteiger partial charge < -0.3 is 5.32 Å². The van der Waals surface area contributed by atoms with Gasteiger partial charge in [-0.15, -0.1) is 0 Å². The maximum absolute atomic E-state index is 12.5. The smallest absolute Gasteiger partial charge is 0.243 e. The van der Waals surface area contributed by atoms with E-state index in [9.17, 15) is 13.2 Å². The molecule has 0 heterocycles. The van der Waals surface area contributed by atoms with Crippen molar-refractivity contribution in [3.63, 3.8) is 0 Å². The summed E-state index contributed by atoms with van der Waals surface area (Å²) in [5.74, 6) is -0.459. The number of rotatable bonds is 5. The van der Waals surface area contributed by atoms with Crippen LogP contribution in [-0.4, -0.2) is 32.2 Å². The Bertz CT molecular complexity index is 849. The minimum Gasteiger partial charge on any atom is -0.324 e. The first-order chi connectivity index (χ1) is 11.2. The van der Waals surface area contributed by atoms with Gasteiger partial charge in [0.1, 0.15) is 0 Å². The van der Waals surface area contributed by atoms with Crippen molar-refractivity contribution in [3.05, 3.63) is 58.6 Å². The molecule has 0 aliphatic rings. The van der Waals surface area contributed by atoms with Crippen molar-refractivity contribution >= 4 is 33.2 Å². The van der Waals surface area contributed by atoms with Crippen LogP contribution in [0.5, 0.6) is 0 Å². The first kappa shape index (κ1) is 18.4. The summed E-state index contributed by atoms with van der Waals surface area (Å²) in [5.41, 5.74) is 2.38. The molecule has 0 radical (unpaired) electrons. The lowest BCUT2D eigenvalue weighted by molar-refractivity contribution is -0.116. The first-order valence-electron chi connectivity index (χ1n) is 7.29. The normalized spacial score (nSPS) is 11.5. The van der Waals surface area contributed by atoms with Crippen molar-refractivity contribution in [2.75, 3.05) is 18.9 Å². The highest BCUT2D eigenvalue weighted by molar-refractivity contribution is 7.89. The molecule has 0 aromatic heterocycles. The van der Waals surface area contributed by atoms with Crippen molar-refractivity contribution in [1.82, 2.24) is 4.31 Å².